The molecule has 2 saturated carbocycles. The molecule has 0 amide bonds. The van der Waals surface area contributed by atoms with Crippen LogP contribution in [0.15, 0.2) is 0 Å². The van der Waals surface area contributed by atoms with E-state index in [1.165, 1.54) is 44.9 Å². The summed E-state index contributed by atoms with van der Waals surface area (Å²) in [6.07, 6.45) is 10.3. The molecule has 3 unspecified atom stereocenters. The van der Waals surface area contributed by atoms with E-state index in [0.29, 0.717) is 0 Å². The van der Waals surface area contributed by atoms with Crippen LogP contribution in [0.3, 0.4) is 0 Å². The largest absolute Gasteiger partial charge is 0.317 e. The Morgan fingerprint density at radius 2 is 1.69 bits per heavy atom. The average Bonchev–Trinajstić information content (AvgIpc) is 2.14. The summed E-state index contributed by atoms with van der Waals surface area (Å²) in [4.78, 5) is 0. The Balaban J connectivity index is 1.86. The van der Waals surface area contributed by atoms with Crippen LogP contribution in [0.2, 0.25) is 0 Å². The molecular formula is C15H29N. The van der Waals surface area contributed by atoms with Gasteiger partial charge < -0.3 is 5.32 Å². The Morgan fingerprint density at radius 3 is 2.12 bits per heavy atom. The second-order valence-electron chi connectivity index (χ2n) is 6.61. The van der Waals surface area contributed by atoms with Gasteiger partial charge in [0.05, 0.1) is 0 Å². The number of hydrogen-bond acceptors (Lipinski definition) is 1. The molecule has 0 saturated heterocycles. The van der Waals surface area contributed by atoms with E-state index in [2.05, 4.69) is 26.2 Å². The molecule has 2 fully saturated rings. The minimum Gasteiger partial charge on any atom is -0.317 e. The van der Waals surface area contributed by atoms with Gasteiger partial charge in [-0.15, -0.1) is 0 Å². The summed E-state index contributed by atoms with van der Waals surface area (Å²) in [5.41, 5.74) is 0. The maximum absolute atomic E-state index is 3.61. The third kappa shape index (κ3) is 3.00. The van der Waals surface area contributed by atoms with Gasteiger partial charge in [0.2, 0.25) is 0 Å². The summed E-state index contributed by atoms with van der Waals surface area (Å²) in [6, 6.07) is 0.801. The van der Waals surface area contributed by atoms with E-state index in [1.807, 2.05) is 0 Å². The summed E-state index contributed by atoms with van der Waals surface area (Å²) in [6.45, 7) is 4.89. The first-order chi connectivity index (χ1) is 7.69. The molecule has 0 bridgehead atoms. The van der Waals surface area contributed by atoms with Gasteiger partial charge >= 0.3 is 0 Å². The smallest absolute Gasteiger partial charge is 0.00951 e. The number of rotatable bonds is 4. The molecule has 0 heterocycles. The zero-order valence-corrected chi connectivity index (χ0v) is 11.3. The summed E-state index contributed by atoms with van der Waals surface area (Å²) in [7, 11) is 2.17. The zero-order chi connectivity index (χ0) is 11.5. The van der Waals surface area contributed by atoms with E-state index in [1.54, 1.807) is 0 Å². The molecule has 0 aromatic heterocycles. The fourth-order valence-corrected chi connectivity index (χ4v) is 3.97. The molecule has 0 aromatic rings. The second-order valence-corrected chi connectivity index (χ2v) is 6.61. The van der Waals surface area contributed by atoms with Crippen molar-refractivity contribution in [2.24, 2.45) is 23.7 Å². The maximum atomic E-state index is 3.61. The topological polar surface area (TPSA) is 12.0 Å². The van der Waals surface area contributed by atoms with Gasteiger partial charge in [-0.05, 0) is 56.4 Å². The Labute approximate surface area is 101 Å². The molecule has 3 atom stereocenters. The average molecular weight is 223 g/mol. The van der Waals surface area contributed by atoms with E-state index in [9.17, 15) is 0 Å². The molecule has 0 aromatic carbocycles. The number of hydrogen-bond donors (Lipinski definition) is 1. The molecule has 2 aliphatic rings. The van der Waals surface area contributed by atoms with Crippen LogP contribution < -0.4 is 5.32 Å². The van der Waals surface area contributed by atoms with Crippen molar-refractivity contribution >= 4 is 0 Å². The maximum Gasteiger partial charge on any atom is 0.00951 e. The fourth-order valence-electron chi connectivity index (χ4n) is 3.97. The summed E-state index contributed by atoms with van der Waals surface area (Å²) in [5, 5.41) is 3.61. The lowest BCUT2D eigenvalue weighted by Crippen LogP contribution is -2.40. The quantitative estimate of drug-likeness (QED) is 0.763. The van der Waals surface area contributed by atoms with E-state index in [4.69, 9.17) is 0 Å². The molecule has 94 valence electrons. The lowest BCUT2D eigenvalue weighted by molar-refractivity contribution is 0.148. The highest BCUT2D eigenvalue weighted by Crippen LogP contribution is 2.38. The SMILES string of the molecule is CNC(CC1CCC1)C1CC(C)CC(C)C1. The first-order valence-electron chi connectivity index (χ1n) is 7.36. The van der Waals surface area contributed by atoms with Crippen LogP contribution in [-0.2, 0) is 0 Å². The van der Waals surface area contributed by atoms with Gasteiger partial charge in [0.25, 0.3) is 0 Å². The monoisotopic (exact) mass is 223 g/mol. The Morgan fingerprint density at radius 1 is 1.06 bits per heavy atom. The van der Waals surface area contributed by atoms with Crippen molar-refractivity contribution in [3.8, 4) is 0 Å². The molecule has 0 spiro atoms. The van der Waals surface area contributed by atoms with Crippen LogP contribution in [0.5, 0.6) is 0 Å². The highest BCUT2D eigenvalue weighted by atomic mass is 14.9. The molecule has 2 aliphatic carbocycles. The van der Waals surface area contributed by atoms with Crippen molar-refractivity contribution in [1.82, 2.24) is 5.32 Å². The highest BCUT2D eigenvalue weighted by molar-refractivity contribution is 4.86. The standard InChI is InChI=1S/C15H29N/c1-11-7-12(2)9-14(8-11)15(16-3)10-13-5-4-6-13/h11-16H,4-10H2,1-3H3. The van der Waals surface area contributed by atoms with Gasteiger partial charge in [-0.1, -0.05) is 33.1 Å². The van der Waals surface area contributed by atoms with Crippen molar-refractivity contribution in [3.05, 3.63) is 0 Å². The van der Waals surface area contributed by atoms with Crippen molar-refractivity contribution < 1.29 is 0 Å². The first kappa shape index (κ1) is 12.4. The Bertz CT molecular complexity index is 199. The zero-order valence-electron chi connectivity index (χ0n) is 11.3. The van der Waals surface area contributed by atoms with Crippen LogP contribution in [0.25, 0.3) is 0 Å². The Kier molecular flexibility index (Phi) is 4.29. The van der Waals surface area contributed by atoms with Crippen LogP contribution in [0.1, 0.15) is 58.8 Å². The minimum atomic E-state index is 0.801. The lowest BCUT2D eigenvalue weighted by atomic mass is 9.70. The van der Waals surface area contributed by atoms with Crippen LogP contribution in [-0.4, -0.2) is 13.1 Å². The van der Waals surface area contributed by atoms with Crippen molar-refractivity contribution in [3.63, 3.8) is 0 Å². The second kappa shape index (κ2) is 5.53. The third-order valence-corrected chi connectivity index (χ3v) is 4.97. The van der Waals surface area contributed by atoms with E-state index in [0.717, 1.165) is 29.7 Å². The molecule has 1 N–H and O–H groups in total. The molecule has 1 nitrogen and oxygen atoms in total. The molecule has 0 aliphatic heterocycles. The van der Waals surface area contributed by atoms with Gasteiger partial charge in [0.15, 0.2) is 0 Å². The van der Waals surface area contributed by atoms with Gasteiger partial charge in [-0.2, -0.15) is 0 Å². The predicted octanol–water partition coefficient (Wildman–Crippen LogP) is 3.84. The summed E-state index contributed by atoms with van der Waals surface area (Å²) >= 11 is 0. The minimum absolute atomic E-state index is 0.801. The van der Waals surface area contributed by atoms with E-state index >= 15 is 0 Å². The predicted molar refractivity (Wildman–Crippen MR) is 70.5 cm³/mol. The highest BCUT2D eigenvalue weighted by Gasteiger charge is 2.31. The molecule has 16 heavy (non-hydrogen) atoms. The third-order valence-electron chi connectivity index (χ3n) is 4.97. The first-order valence-corrected chi connectivity index (χ1v) is 7.36. The molecule has 2 rings (SSSR count). The van der Waals surface area contributed by atoms with Crippen molar-refractivity contribution in [2.45, 2.75) is 64.8 Å². The lowest BCUT2D eigenvalue weighted by Gasteiger charge is -2.39. The van der Waals surface area contributed by atoms with Crippen molar-refractivity contribution in [1.29, 1.82) is 0 Å². The van der Waals surface area contributed by atoms with E-state index in [-0.39, 0.29) is 0 Å². The normalized spacial score (nSPS) is 38.1. The van der Waals surface area contributed by atoms with Crippen molar-refractivity contribution in [2.75, 3.05) is 7.05 Å². The molecule has 1 heteroatoms. The van der Waals surface area contributed by atoms with Gasteiger partial charge in [-0.3, -0.25) is 0 Å². The molecular weight excluding hydrogens is 194 g/mol. The van der Waals surface area contributed by atoms with Gasteiger partial charge in [0.1, 0.15) is 0 Å². The summed E-state index contributed by atoms with van der Waals surface area (Å²) < 4.78 is 0. The van der Waals surface area contributed by atoms with Crippen LogP contribution in [0, 0.1) is 23.7 Å². The number of nitrogens with one attached hydrogen (secondary N) is 1. The van der Waals surface area contributed by atoms with Gasteiger partial charge in [0, 0.05) is 6.04 Å². The molecule has 0 radical (unpaired) electrons. The fraction of sp³-hybridized carbons (Fsp3) is 1.00. The van der Waals surface area contributed by atoms with E-state index < -0.39 is 0 Å². The summed E-state index contributed by atoms with van der Waals surface area (Å²) in [5.74, 6) is 3.89. The van der Waals surface area contributed by atoms with Gasteiger partial charge in [-0.25, -0.2) is 0 Å². The van der Waals surface area contributed by atoms with Crippen LogP contribution >= 0.6 is 0 Å². The van der Waals surface area contributed by atoms with Crippen LogP contribution in [0.4, 0.5) is 0 Å². The Hall–Kier alpha value is -0.0400.